The van der Waals surface area contributed by atoms with E-state index in [0.717, 1.165) is 21.3 Å². The largest absolute Gasteiger partial charge is 0.497 e. The lowest BCUT2D eigenvalue weighted by atomic mass is 10.1. The minimum Gasteiger partial charge on any atom is -0.497 e. The molecule has 0 aliphatic heterocycles. The summed E-state index contributed by atoms with van der Waals surface area (Å²) in [6.45, 7) is 0.501. The van der Waals surface area contributed by atoms with Gasteiger partial charge in [0.2, 0.25) is 11.0 Å². The van der Waals surface area contributed by atoms with Crippen LogP contribution in [0.3, 0.4) is 0 Å². The minimum absolute atomic E-state index is 0.0695. The molecule has 29 heavy (non-hydrogen) atoms. The Bertz CT molecular complexity index is 967. The second kappa shape index (κ2) is 10.7. The van der Waals surface area contributed by atoms with Crippen molar-refractivity contribution in [3.63, 3.8) is 0 Å². The number of amides is 1. The third kappa shape index (κ3) is 6.78. The normalized spacial score (nSPS) is 10.6. The maximum absolute atomic E-state index is 12.0. The molecule has 3 rings (SSSR count). The van der Waals surface area contributed by atoms with E-state index in [1.165, 1.54) is 23.1 Å². The topological polar surface area (TPSA) is 76.1 Å². The van der Waals surface area contributed by atoms with Crippen LogP contribution in [-0.4, -0.2) is 35.5 Å². The van der Waals surface area contributed by atoms with E-state index in [2.05, 4.69) is 20.8 Å². The number of methoxy groups -OCH3 is 1. The highest BCUT2D eigenvalue weighted by Crippen LogP contribution is 2.28. The van der Waals surface area contributed by atoms with Crippen LogP contribution in [0.1, 0.15) is 5.56 Å². The van der Waals surface area contributed by atoms with E-state index in [4.69, 9.17) is 27.9 Å². The lowest BCUT2D eigenvalue weighted by Gasteiger charge is -2.06. The first-order valence-electron chi connectivity index (χ1n) is 8.61. The van der Waals surface area contributed by atoms with Gasteiger partial charge in [-0.2, -0.15) is 0 Å². The van der Waals surface area contributed by atoms with Gasteiger partial charge in [0.25, 0.3) is 0 Å². The molecule has 2 aromatic carbocycles. The molecule has 1 heterocycles. The number of anilines is 2. The quantitative estimate of drug-likeness (QED) is 0.428. The Morgan fingerprint density at radius 2 is 1.97 bits per heavy atom. The van der Waals surface area contributed by atoms with E-state index in [-0.39, 0.29) is 11.7 Å². The molecular weight excluding hydrogens is 451 g/mol. The van der Waals surface area contributed by atoms with Crippen molar-refractivity contribution in [3.05, 3.63) is 58.1 Å². The number of thioether (sulfide) groups is 1. The SMILES string of the molecule is COc1ccc(Nc2nnc(SCC(=O)NCCc3ccc(Cl)cc3Cl)s2)cc1. The molecule has 0 saturated heterocycles. The Morgan fingerprint density at radius 1 is 1.17 bits per heavy atom. The third-order valence-corrected chi connectivity index (χ3v) is 6.37. The van der Waals surface area contributed by atoms with E-state index < -0.39 is 0 Å². The Labute approximate surface area is 187 Å². The zero-order valence-electron chi connectivity index (χ0n) is 15.4. The molecule has 0 saturated carbocycles. The lowest BCUT2D eigenvalue weighted by molar-refractivity contribution is -0.118. The van der Waals surface area contributed by atoms with Gasteiger partial charge in [-0.25, -0.2) is 0 Å². The summed E-state index contributed by atoms with van der Waals surface area (Å²) in [6.07, 6.45) is 0.640. The van der Waals surface area contributed by atoms with Crippen LogP contribution in [0.25, 0.3) is 0 Å². The molecule has 152 valence electrons. The number of rotatable bonds is 9. The second-order valence-electron chi connectivity index (χ2n) is 5.85. The predicted octanol–water partition coefficient (Wildman–Crippen LogP) is 5.05. The first-order valence-corrected chi connectivity index (χ1v) is 11.2. The maximum atomic E-state index is 12.0. The summed E-state index contributed by atoms with van der Waals surface area (Å²) < 4.78 is 5.85. The summed E-state index contributed by atoms with van der Waals surface area (Å²) in [6, 6.07) is 12.9. The summed E-state index contributed by atoms with van der Waals surface area (Å²) in [4.78, 5) is 12.0. The first-order chi connectivity index (χ1) is 14.0. The summed E-state index contributed by atoms with van der Waals surface area (Å²) >= 11 is 14.8. The zero-order chi connectivity index (χ0) is 20.6. The van der Waals surface area contributed by atoms with Crippen LogP contribution in [0.5, 0.6) is 5.75 Å². The number of aromatic nitrogens is 2. The van der Waals surface area contributed by atoms with Crippen molar-refractivity contribution in [2.45, 2.75) is 10.8 Å². The number of halogens is 2. The number of nitrogens with one attached hydrogen (secondary N) is 2. The third-order valence-electron chi connectivity index (χ3n) is 3.81. The van der Waals surface area contributed by atoms with Gasteiger partial charge in [0.15, 0.2) is 4.34 Å². The first kappa shape index (κ1) is 21.7. The van der Waals surface area contributed by atoms with Crippen LogP contribution in [0.15, 0.2) is 46.8 Å². The Morgan fingerprint density at radius 3 is 2.69 bits per heavy atom. The Kier molecular flexibility index (Phi) is 8.00. The van der Waals surface area contributed by atoms with Gasteiger partial charge < -0.3 is 15.4 Å². The summed E-state index contributed by atoms with van der Waals surface area (Å²) in [7, 11) is 1.62. The van der Waals surface area contributed by atoms with Gasteiger partial charge in [-0.15, -0.1) is 10.2 Å². The van der Waals surface area contributed by atoms with Gasteiger partial charge in [-0.05, 0) is 48.4 Å². The van der Waals surface area contributed by atoms with Crippen LogP contribution >= 0.6 is 46.3 Å². The fourth-order valence-corrected chi connectivity index (χ4v) is 4.46. The van der Waals surface area contributed by atoms with E-state index in [1.54, 1.807) is 19.2 Å². The lowest BCUT2D eigenvalue weighted by Crippen LogP contribution is -2.27. The number of ether oxygens (including phenoxy) is 1. The second-order valence-corrected chi connectivity index (χ2v) is 8.89. The fourth-order valence-electron chi connectivity index (χ4n) is 2.36. The molecule has 1 aromatic heterocycles. The molecule has 0 fully saturated rings. The van der Waals surface area contributed by atoms with Gasteiger partial charge in [0.05, 0.1) is 12.9 Å². The van der Waals surface area contributed by atoms with Crippen molar-refractivity contribution in [2.24, 2.45) is 0 Å². The summed E-state index contributed by atoms with van der Waals surface area (Å²) in [5.41, 5.74) is 1.83. The molecule has 2 N–H and O–H groups in total. The summed E-state index contributed by atoms with van der Waals surface area (Å²) in [5, 5.41) is 16.1. The van der Waals surface area contributed by atoms with Gasteiger partial charge in [-0.3, -0.25) is 4.79 Å². The van der Waals surface area contributed by atoms with Gasteiger partial charge >= 0.3 is 0 Å². The van der Waals surface area contributed by atoms with E-state index in [0.29, 0.717) is 28.1 Å². The highest BCUT2D eigenvalue weighted by Gasteiger charge is 2.09. The fraction of sp³-hybridized carbons (Fsp3) is 0.211. The van der Waals surface area contributed by atoms with E-state index in [1.807, 2.05) is 30.3 Å². The molecule has 0 radical (unpaired) electrons. The van der Waals surface area contributed by atoms with Crippen molar-refractivity contribution in [3.8, 4) is 5.75 Å². The number of hydrogen-bond donors (Lipinski definition) is 2. The van der Waals surface area contributed by atoms with Crippen LogP contribution in [0, 0.1) is 0 Å². The van der Waals surface area contributed by atoms with Gasteiger partial charge in [-0.1, -0.05) is 52.4 Å². The number of carbonyl (C=O) groups is 1. The molecule has 3 aromatic rings. The Balaban J connectivity index is 1.41. The van der Waals surface area contributed by atoms with Crippen LogP contribution in [0.2, 0.25) is 10.0 Å². The molecule has 0 atom stereocenters. The average Bonchev–Trinajstić information content (AvgIpc) is 3.16. The number of nitrogens with zero attached hydrogens (tertiary/aromatic N) is 2. The van der Waals surface area contributed by atoms with Crippen LogP contribution < -0.4 is 15.4 Å². The number of carbonyl (C=O) groups excluding carboxylic acids is 1. The average molecular weight is 469 g/mol. The van der Waals surface area contributed by atoms with Crippen molar-refractivity contribution in [1.29, 1.82) is 0 Å². The number of benzene rings is 2. The molecule has 1 amide bonds. The summed E-state index contributed by atoms with van der Waals surface area (Å²) in [5.74, 6) is 0.985. The van der Waals surface area contributed by atoms with Crippen molar-refractivity contribution in [2.75, 3.05) is 24.7 Å². The molecule has 6 nitrogen and oxygen atoms in total. The van der Waals surface area contributed by atoms with Crippen molar-refractivity contribution in [1.82, 2.24) is 15.5 Å². The van der Waals surface area contributed by atoms with E-state index in [9.17, 15) is 4.79 Å². The van der Waals surface area contributed by atoms with Crippen molar-refractivity contribution >= 4 is 63.0 Å². The standard InChI is InChI=1S/C19H18Cl2N4O2S2/c1-27-15-6-4-14(5-7-15)23-18-24-25-19(29-18)28-11-17(26)22-9-8-12-2-3-13(20)10-16(12)21/h2-7,10H,8-9,11H2,1H3,(H,22,26)(H,23,24). The molecule has 0 unspecified atom stereocenters. The van der Waals surface area contributed by atoms with Gasteiger partial charge in [0, 0.05) is 22.3 Å². The van der Waals surface area contributed by atoms with Crippen LogP contribution in [0.4, 0.5) is 10.8 Å². The monoisotopic (exact) mass is 468 g/mol. The Hall–Kier alpha value is -2.00. The molecule has 0 aliphatic rings. The number of hydrogen-bond acceptors (Lipinski definition) is 7. The van der Waals surface area contributed by atoms with Crippen LogP contribution in [-0.2, 0) is 11.2 Å². The van der Waals surface area contributed by atoms with Crippen molar-refractivity contribution < 1.29 is 9.53 Å². The molecular formula is C19H18Cl2N4O2S2. The van der Waals surface area contributed by atoms with Gasteiger partial charge in [0.1, 0.15) is 5.75 Å². The predicted molar refractivity (Wildman–Crippen MR) is 120 cm³/mol. The highest BCUT2D eigenvalue weighted by molar-refractivity contribution is 8.01. The molecule has 0 aliphatic carbocycles. The molecule has 0 bridgehead atoms. The maximum Gasteiger partial charge on any atom is 0.230 e. The zero-order valence-corrected chi connectivity index (χ0v) is 18.6. The smallest absolute Gasteiger partial charge is 0.230 e. The van der Waals surface area contributed by atoms with E-state index >= 15 is 0 Å². The highest BCUT2D eigenvalue weighted by atomic mass is 35.5. The molecule has 0 spiro atoms. The minimum atomic E-state index is -0.0695. The molecule has 10 heteroatoms.